The molecule has 0 spiro atoms. The average molecular weight is 283 g/mol. The Hall–Kier alpha value is -2.49. The maximum Gasteiger partial charge on any atom is 0.170 e. The van der Waals surface area contributed by atoms with E-state index in [1.807, 2.05) is 24.3 Å². The molecule has 0 aromatic heterocycles. The van der Waals surface area contributed by atoms with Crippen molar-refractivity contribution >= 4 is 11.5 Å². The first kappa shape index (κ1) is 14.9. The Morgan fingerprint density at radius 2 is 1.81 bits per heavy atom. The molecule has 0 radical (unpaired) electrons. The number of hydrogen-bond donors (Lipinski definition) is 2. The van der Waals surface area contributed by atoms with Gasteiger partial charge in [-0.25, -0.2) is 0 Å². The second-order valence-electron chi connectivity index (χ2n) is 5.32. The molecule has 0 bridgehead atoms. The van der Waals surface area contributed by atoms with Crippen LogP contribution in [-0.2, 0) is 6.54 Å². The molecule has 4 heteroatoms. The van der Waals surface area contributed by atoms with Crippen molar-refractivity contribution in [3.05, 3.63) is 64.7 Å². The van der Waals surface area contributed by atoms with E-state index in [4.69, 9.17) is 10.9 Å². The highest BCUT2D eigenvalue weighted by molar-refractivity contribution is 5.97. The van der Waals surface area contributed by atoms with E-state index in [1.165, 1.54) is 16.7 Å². The van der Waals surface area contributed by atoms with Gasteiger partial charge in [0, 0.05) is 24.8 Å². The molecule has 0 unspecified atom stereocenters. The van der Waals surface area contributed by atoms with Crippen LogP contribution in [0.3, 0.4) is 0 Å². The molecular weight excluding hydrogens is 262 g/mol. The van der Waals surface area contributed by atoms with Gasteiger partial charge < -0.3 is 15.8 Å². The number of benzene rings is 2. The molecule has 0 atom stereocenters. The van der Waals surface area contributed by atoms with Crippen molar-refractivity contribution in [3.8, 4) is 0 Å². The fourth-order valence-electron chi connectivity index (χ4n) is 2.26. The van der Waals surface area contributed by atoms with Gasteiger partial charge in [0.15, 0.2) is 5.84 Å². The molecule has 0 fully saturated rings. The highest BCUT2D eigenvalue weighted by Gasteiger charge is 2.06. The van der Waals surface area contributed by atoms with Crippen LogP contribution in [0.15, 0.2) is 47.6 Å². The molecular formula is C17H21N3O. The Morgan fingerprint density at radius 1 is 1.14 bits per heavy atom. The lowest BCUT2D eigenvalue weighted by Crippen LogP contribution is -2.18. The monoisotopic (exact) mass is 283 g/mol. The van der Waals surface area contributed by atoms with Gasteiger partial charge in [-0.1, -0.05) is 28.9 Å². The summed E-state index contributed by atoms with van der Waals surface area (Å²) < 4.78 is 0. The maximum atomic E-state index is 8.67. The van der Waals surface area contributed by atoms with Crippen molar-refractivity contribution in [2.24, 2.45) is 10.9 Å². The Morgan fingerprint density at radius 3 is 2.43 bits per heavy atom. The summed E-state index contributed by atoms with van der Waals surface area (Å²) >= 11 is 0. The van der Waals surface area contributed by atoms with Gasteiger partial charge in [-0.2, -0.15) is 0 Å². The van der Waals surface area contributed by atoms with Crippen LogP contribution >= 0.6 is 0 Å². The number of anilines is 1. The first-order chi connectivity index (χ1) is 10.0. The van der Waals surface area contributed by atoms with Crippen molar-refractivity contribution in [1.82, 2.24) is 0 Å². The average Bonchev–Trinajstić information content (AvgIpc) is 2.50. The van der Waals surface area contributed by atoms with Crippen molar-refractivity contribution in [3.63, 3.8) is 0 Å². The fourth-order valence-corrected chi connectivity index (χ4v) is 2.26. The lowest BCUT2D eigenvalue weighted by Gasteiger charge is -2.21. The summed E-state index contributed by atoms with van der Waals surface area (Å²) in [5, 5.41) is 11.7. The minimum absolute atomic E-state index is 0.124. The molecule has 2 rings (SSSR count). The highest BCUT2D eigenvalue weighted by atomic mass is 16.4. The number of nitrogens with two attached hydrogens (primary N) is 1. The SMILES string of the molecule is Cc1ccc(C)c(CN(C)c2ccc(C(N)=NO)cc2)c1. The first-order valence-corrected chi connectivity index (χ1v) is 6.86. The lowest BCUT2D eigenvalue weighted by molar-refractivity contribution is 0.318. The maximum absolute atomic E-state index is 8.67. The molecule has 2 aromatic carbocycles. The van der Waals surface area contributed by atoms with Crippen molar-refractivity contribution in [2.45, 2.75) is 20.4 Å². The van der Waals surface area contributed by atoms with E-state index >= 15 is 0 Å². The molecule has 21 heavy (non-hydrogen) atoms. The fraction of sp³-hybridized carbons (Fsp3) is 0.235. The summed E-state index contributed by atoms with van der Waals surface area (Å²) in [6, 6.07) is 14.1. The van der Waals surface area contributed by atoms with Gasteiger partial charge in [-0.15, -0.1) is 0 Å². The van der Waals surface area contributed by atoms with Crippen molar-refractivity contribution in [1.29, 1.82) is 0 Å². The number of nitrogens with zero attached hydrogens (tertiary/aromatic N) is 2. The topological polar surface area (TPSA) is 61.8 Å². The van der Waals surface area contributed by atoms with Gasteiger partial charge in [0.05, 0.1) is 0 Å². The molecule has 2 aromatic rings. The molecule has 0 aliphatic heterocycles. The number of amidine groups is 1. The number of aryl methyl sites for hydroxylation is 2. The number of rotatable bonds is 4. The van der Waals surface area contributed by atoms with Crippen LogP contribution in [0.2, 0.25) is 0 Å². The van der Waals surface area contributed by atoms with Crippen LogP contribution < -0.4 is 10.6 Å². The van der Waals surface area contributed by atoms with Crippen molar-refractivity contribution < 1.29 is 5.21 Å². The van der Waals surface area contributed by atoms with E-state index < -0.39 is 0 Å². The smallest absolute Gasteiger partial charge is 0.170 e. The standard InChI is InChI=1S/C17H21N3O/c1-12-4-5-13(2)15(10-12)11-20(3)16-8-6-14(7-9-16)17(18)19-21/h4-10,21H,11H2,1-3H3,(H2,18,19). The van der Waals surface area contributed by atoms with Gasteiger partial charge >= 0.3 is 0 Å². The number of hydrogen-bond acceptors (Lipinski definition) is 3. The zero-order valence-electron chi connectivity index (χ0n) is 12.7. The third-order valence-corrected chi connectivity index (χ3v) is 3.62. The zero-order chi connectivity index (χ0) is 15.4. The van der Waals surface area contributed by atoms with Crippen LogP contribution in [0.1, 0.15) is 22.3 Å². The summed E-state index contributed by atoms with van der Waals surface area (Å²) in [5.41, 5.74) is 11.2. The normalized spacial score (nSPS) is 11.5. The highest BCUT2D eigenvalue weighted by Crippen LogP contribution is 2.19. The van der Waals surface area contributed by atoms with Gasteiger partial charge in [0.25, 0.3) is 0 Å². The summed E-state index contributed by atoms with van der Waals surface area (Å²) in [5.74, 6) is 0.124. The third kappa shape index (κ3) is 3.54. The van der Waals surface area contributed by atoms with Crippen LogP contribution in [-0.4, -0.2) is 18.1 Å². The molecule has 0 saturated carbocycles. The molecule has 110 valence electrons. The summed E-state index contributed by atoms with van der Waals surface area (Å²) in [6.45, 7) is 5.08. The van der Waals surface area contributed by atoms with Crippen molar-refractivity contribution in [2.75, 3.05) is 11.9 Å². The quantitative estimate of drug-likeness (QED) is 0.392. The predicted molar refractivity (Wildman–Crippen MR) is 87.0 cm³/mol. The van der Waals surface area contributed by atoms with Gasteiger partial charge in [0.2, 0.25) is 0 Å². The summed E-state index contributed by atoms with van der Waals surface area (Å²) in [6.07, 6.45) is 0. The molecule has 0 aliphatic rings. The molecule has 3 N–H and O–H groups in total. The largest absolute Gasteiger partial charge is 0.409 e. The van der Waals surface area contributed by atoms with E-state index in [9.17, 15) is 0 Å². The number of oxime groups is 1. The van der Waals surface area contributed by atoms with E-state index in [-0.39, 0.29) is 5.84 Å². The Bertz CT molecular complexity index is 648. The first-order valence-electron chi connectivity index (χ1n) is 6.86. The second kappa shape index (κ2) is 6.31. The third-order valence-electron chi connectivity index (χ3n) is 3.62. The van der Waals surface area contributed by atoms with Gasteiger partial charge in [-0.05, 0) is 49.2 Å². The Labute approximate surface area is 125 Å². The molecule has 0 saturated heterocycles. The van der Waals surface area contributed by atoms with Crippen LogP contribution in [0.5, 0.6) is 0 Å². The minimum atomic E-state index is 0.124. The van der Waals surface area contributed by atoms with Crippen LogP contribution in [0.25, 0.3) is 0 Å². The zero-order valence-corrected chi connectivity index (χ0v) is 12.7. The van der Waals surface area contributed by atoms with E-state index in [1.54, 1.807) is 0 Å². The lowest BCUT2D eigenvalue weighted by atomic mass is 10.0. The summed E-state index contributed by atoms with van der Waals surface area (Å²) in [7, 11) is 2.06. The molecule has 0 heterocycles. The van der Waals surface area contributed by atoms with Gasteiger partial charge in [-0.3, -0.25) is 0 Å². The molecule has 0 aliphatic carbocycles. The van der Waals surface area contributed by atoms with Crippen LogP contribution in [0, 0.1) is 13.8 Å². The predicted octanol–water partition coefficient (Wildman–Crippen LogP) is 3.03. The molecule has 0 amide bonds. The molecule has 4 nitrogen and oxygen atoms in total. The van der Waals surface area contributed by atoms with Crippen LogP contribution in [0.4, 0.5) is 5.69 Å². The second-order valence-corrected chi connectivity index (χ2v) is 5.32. The van der Waals surface area contributed by atoms with E-state index in [0.717, 1.165) is 12.2 Å². The Kier molecular flexibility index (Phi) is 4.48. The van der Waals surface area contributed by atoms with Gasteiger partial charge in [0.1, 0.15) is 0 Å². The van der Waals surface area contributed by atoms with E-state index in [2.05, 4.69) is 49.1 Å². The Balaban J connectivity index is 2.16. The van der Waals surface area contributed by atoms with E-state index in [0.29, 0.717) is 5.56 Å². The summed E-state index contributed by atoms with van der Waals surface area (Å²) in [4.78, 5) is 2.18. The minimum Gasteiger partial charge on any atom is -0.409 e.